The third kappa shape index (κ3) is 5.89. The van der Waals surface area contributed by atoms with E-state index in [9.17, 15) is 8.42 Å². The fourth-order valence-corrected chi connectivity index (χ4v) is 7.49. The van der Waals surface area contributed by atoms with Crippen LogP contribution in [-0.2, 0) is 14.8 Å². The number of para-hydroxylation sites is 2. The second-order valence-corrected chi connectivity index (χ2v) is 12.7. The van der Waals surface area contributed by atoms with Crippen LogP contribution in [0.15, 0.2) is 119 Å². The molecule has 2 aliphatic heterocycles. The maximum atomic E-state index is 13.4. The van der Waals surface area contributed by atoms with Gasteiger partial charge in [-0.1, -0.05) is 36.4 Å². The van der Waals surface area contributed by atoms with Crippen LogP contribution in [0.4, 0.5) is 0 Å². The number of nitrogens with zero attached hydrogens (tertiary/aromatic N) is 2. The van der Waals surface area contributed by atoms with Gasteiger partial charge in [0.1, 0.15) is 28.7 Å². The minimum atomic E-state index is -3.62. The maximum absolute atomic E-state index is 13.4. The highest BCUT2D eigenvalue weighted by Gasteiger charge is 2.47. The summed E-state index contributed by atoms with van der Waals surface area (Å²) in [5.74, 6) is 2.87. The summed E-state index contributed by atoms with van der Waals surface area (Å²) in [5.41, 5.74) is -0.483. The Morgan fingerprint density at radius 2 is 1.15 bits per heavy atom. The molecule has 40 heavy (non-hydrogen) atoms. The highest BCUT2D eigenvalue weighted by Crippen LogP contribution is 2.42. The summed E-state index contributed by atoms with van der Waals surface area (Å²) in [4.78, 5) is 1.35. The van der Waals surface area contributed by atoms with Gasteiger partial charge < -0.3 is 14.2 Å². The molecule has 0 radical (unpaired) electrons. The Labute approximate surface area is 239 Å². The SMILES string of the molecule is O=S(=O)(c1ccc(Oc2ccccc2)cc1)N1CCC2(CC1)OCCN2Sc1ccc(Oc2ccccc2)cc1. The Morgan fingerprint density at radius 1 is 0.650 bits per heavy atom. The van der Waals surface area contributed by atoms with Gasteiger partial charge in [-0.25, -0.2) is 12.7 Å². The van der Waals surface area contributed by atoms with Crippen molar-refractivity contribution >= 4 is 22.0 Å². The summed E-state index contributed by atoms with van der Waals surface area (Å²) in [6.07, 6.45) is 1.20. The molecule has 0 amide bonds. The van der Waals surface area contributed by atoms with E-state index in [1.807, 2.05) is 84.9 Å². The van der Waals surface area contributed by atoms with Crippen LogP contribution in [-0.4, -0.2) is 49.0 Å². The van der Waals surface area contributed by atoms with E-state index >= 15 is 0 Å². The average molecular weight is 575 g/mol. The third-order valence-electron chi connectivity index (χ3n) is 7.08. The summed E-state index contributed by atoms with van der Waals surface area (Å²) >= 11 is 1.65. The van der Waals surface area contributed by atoms with Crippen LogP contribution in [0.2, 0.25) is 0 Å². The highest BCUT2D eigenvalue weighted by atomic mass is 32.2. The molecule has 2 heterocycles. The maximum Gasteiger partial charge on any atom is 0.243 e. The molecule has 9 heteroatoms. The number of sulfonamides is 1. The van der Waals surface area contributed by atoms with Gasteiger partial charge in [0.2, 0.25) is 10.0 Å². The van der Waals surface area contributed by atoms with Crippen LogP contribution in [0.5, 0.6) is 23.0 Å². The van der Waals surface area contributed by atoms with E-state index in [1.54, 1.807) is 40.5 Å². The lowest BCUT2D eigenvalue weighted by Gasteiger charge is -2.42. The van der Waals surface area contributed by atoms with Crippen LogP contribution in [0.25, 0.3) is 0 Å². The first kappa shape index (κ1) is 26.9. The van der Waals surface area contributed by atoms with Crippen molar-refractivity contribution in [1.29, 1.82) is 0 Å². The quantitative estimate of drug-likeness (QED) is 0.215. The smallest absolute Gasteiger partial charge is 0.243 e. The molecule has 7 nitrogen and oxygen atoms in total. The first-order chi connectivity index (χ1) is 19.5. The number of ether oxygens (including phenoxy) is 3. The molecule has 1 spiro atoms. The number of benzene rings is 4. The lowest BCUT2D eigenvalue weighted by molar-refractivity contribution is -0.0775. The molecule has 0 bridgehead atoms. The van der Waals surface area contributed by atoms with E-state index in [-0.39, 0.29) is 4.90 Å². The van der Waals surface area contributed by atoms with E-state index in [0.29, 0.717) is 44.0 Å². The molecule has 2 aliphatic rings. The molecule has 2 fully saturated rings. The van der Waals surface area contributed by atoms with Crippen LogP contribution in [0, 0.1) is 0 Å². The Balaban J connectivity index is 1.07. The van der Waals surface area contributed by atoms with Gasteiger partial charge in [0, 0.05) is 37.4 Å². The van der Waals surface area contributed by atoms with E-state index < -0.39 is 15.7 Å². The predicted octanol–water partition coefficient (Wildman–Crippen LogP) is 6.79. The molecule has 206 valence electrons. The van der Waals surface area contributed by atoms with Crippen molar-refractivity contribution in [2.24, 2.45) is 0 Å². The lowest BCUT2D eigenvalue weighted by Crippen LogP contribution is -2.52. The van der Waals surface area contributed by atoms with Gasteiger partial charge in [0.15, 0.2) is 0 Å². The minimum Gasteiger partial charge on any atom is -0.457 e. The summed E-state index contributed by atoms with van der Waals surface area (Å²) in [6.45, 7) is 2.19. The van der Waals surface area contributed by atoms with Gasteiger partial charge in [0.25, 0.3) is 0 Å². The van der Waals surface area contributed by atoms with Gasteiger partial charge in [-0.3, -0.25) is 0 Å². The molecule has 4 aromatic carbocycles. The third-order valence-corrected chi connectivity index (χ3v) is 10.2. The second kappa shape index (κ2) is 11.6. The van der Waals surface area contributed by atoms with Crippen molar-refractivity contribution in [3.63, 3.8) is 0 Å². The summed E-state index contributed by atoms with van der Waals surface area (Å²) in [6, 6.07) is 33.7. The standard InChI is InChI=1S/C31H30N2O5S2/c34-40(35,30-17-13-28(14-18-30)38-26-9-5-2-6-10-26)32-21-19-31(20-22-32)33(23-24-36-31)39-29-15-11-27(12-16-29)37-25-7-3-1-4-8-25/h1-18H,19-24H2. The van der Waals surface area contributed by atoms with Crippen LogP contribution >= 0.6 is 11.9 Å². The van der Waals surface area contributed by atoms with E-state index in [2.05, 4.69) is 4.31 Å². The first-order valence-corrected chi connectivity index (χ1v) is 15.5. The summed E-state index contributed by atoms with van der Waals surface area (Å²) < 4.78 is 48.6. The number of hydrogen-bond acceptors (Lipinski definition) is 7. The van der Waals surface area contributed by atoms with Gasteiger partial charge in [-0.2, -0.15) is 4.31 Å². The topological polar surface area (TPSA) is 68.3 Å². The van der Waals surface area contributed by atoms with Crippen molar-refractivity contribution < 1.29 is 22.6 Å². The first-order valence-electron chi connectivity index (χ1n) is 13.3. The fraction of sp³-hybridized carbons (Fsp3) is 0.226. The minimum absolute atomic E-state index is 0.264. The summed E-state index contributed by atoms with van der Waals surface area (Å²) in [7, 11) is -3.62. The van der Waals surface area contributed by atoms with Gasteiger partial charge >= 0.3 is 0 Å². The lowest BCUT2D eigenvalue weighted by atomic mass is 10.0. The van der Waals surface area contributed by atoms with Crippen LogP contribution in [0.3, 0.4) is 0 Å². The Morgan fingerprint density at radius 3 is 1.70 bits per heavy atom. The molecule has 0 N–H and O–H groups in total. The van der Waals surface area contributed by atoms with Gasteiger partial charge in [-0.05, 0) is 84.7 Å². The molecule has 6 rings (SSSR count). The predicted molar refractivity (Wildman–Crippen MR) is 155 cm³/mol. The van der Waals surface area contributed by atoms with Crippen molar-refractivity contribution in [2.45, 2.75) is 28.4 Å². The van der Waals surface area contributed by atoms with Crippen molar-refractivity contribution in [1.82, 2.24) is 8.61 Å². The molecule has 0 unspecified atom stereocenters. The molecule has 0 saturated carbocycles. The van der Waals surface area contributed by atoms with E-state index in [0.717, 1.165) is 22.9 Å². The zero-order valence-corrected chi connectivity index (χ0v) is 23.5. The fourth-order valence-electron chi connectivity index (χ4n) is 4.97. The molecule has 0 aliphatic carbocycles. The van der Waals surface area contributed by atoms with Gasteiger partial charge in [-0.15, -0.1) is 0 Å². The number of hydrogen-bond donors (Lipinski definition) is 0. The number of piperidine rings is 1. The largest absolute Gasteiger partial charge is 0.457 e. The van der Waals surface area contributed by atoms with Gasteiger partial charge in [0.05, 0.1) is 11.5 Å². The molecular formula is C31H30N2O5S2. The molecular weight excluding hydrogens is 544 g/mol. The zero-order valence-electron chi connectivity index (χ0n) is 21.9. The van der Waals surface area contributed by atoms with E-state index in [1.165, 1.54) is 0 Å². The summed E-state index contributed by atoms with van der Waals surface area (Å²) in [5, 5.41) is 0. The Kier molecular flexibility index (Phi) is 7.82. The van der Waals surface area contributed by atoms with Crippen molar-refractivity contribution in [2.75, 3.05) is 26.2 Å². The Hall–Kier alpha value is -3.34. The molecule has 4 aromatic rings. The van der Waals surface area contributed by atoms with Crippen LogP contribution < -0.4 is 9.47 Å². The molecule has 0 aromatic heterocycles. The second-order valence-electron chi connectivity index (χ2n) is 9.67. The molecule has 2 saturated heterocycles. The monoisotopic (exact) mass is 574 g/mol. The highest BCUT2D eigenvalue weighted by molar-refractivity contribution is 7.97. The number of rotatable bonds is 8. The average Bonchev–Trinajstić information content (AvgIpc) is 3.36. The zero-order chi connectivity index (χ0) is 27.4. The van der Waals surface area contributed by atoms with Crippen LogP contribution in [0.1, 0.15) is 12.8 Å². The van der Waals surface area contributed by atoms with E-state index in [4.69, 9.17) is 14.2 Å². The normalized spacial score (nSPS) is 17.6. The van der Waals surface area contributed by atoms with Crippen molar-refractivity contribution in [3.05, 3.63) is 109 Å². The van der Waals surface area contributed by atoms with Crippen molar-refractivity contribution in [3.8, 4) is 23.0 Å². The molecule has 0 atom stereocenters. The Bertz CT molecular complexity index is 1510.